The molecule has 0 bridgehead atoms. The Hall–Kier alpha value is -6.42. The van der Waals surface area contributed by atoms with Crippen LogP contribution in [0.5, 0.6) is 23.0 Å². The molecule has 60 heavy (non-hydrogen) atoms. The van der Waals surface area contributed by atoms with Gasteiger partial charge in [-0.25, -0.2) is 19.6 Å². The van der Waals surface area contributed by atoms with Crippen molar-refractivity contribution in [3.05, 3.63) is 95.8 Å². The number of hydrogen-bond acceptors (Lipinski definition) is 16. The van der Waals surface area contributed by atoms with E-state index in [1.165, 1.54) is 35.8 Å². The number of thiazole rings is 1. The first-order valence-electron chi connectivity index (χ1n) is 20.0. The number of anilines is 1. The lowest BCUT2D eigenvalue weighted by atomic mass is 10.2. The summed E-state index contributed by atoms with van der Waals surface area (Å²) in [5, 5.41) is 4.74. The first-order valence-corrected chi connectivity index (χ1v) is 20.8. The molecule has 0 radical (unpaired) electrons. The number of nitrogens with one attached hydrogen (secondary N) is 1. The van der Waals surface area contributed by atoms with Crippen molar-refractivity contribution >= 4 is 57.0 Å². The Kier molecular flexibility index (Phi) is 18.2. The van der Waals surface area contributed by atoms with Gasteiger partial charge < -0.3 is 28.4 Å². The quantitative estimate of drug-likeness (QED) is 0.0193. The van der Waals surface area contributed by atoms with Gasteiger partial charge in [0.15, 0.2) is 10.5 Å². The zero-order valence-electron chi connectivity index (χ0n) is 33.8. The van der Waals surface area contributed by atoms with Crippen molar-refractivity contribution in [1.82, 2.24) is 15.0 Å². The molecule has 0 aliphatic rings. The van der Waals surface area contributed by atoms with E-state index in [4.69, 9.17) is 28.4 Å². The van der Waals surface area contributed by atoms with Gasteiger partial charge in [0.05, 0.1) is 43.8 Å². The van der Waals surface area contributed by atoms with Crippen LogP contribution in [-0.2, 0) is 19.1 Å². The Morgan fingerprint density at radius 3 is 1.70 bits per heavy atom. The minimum absolute atomic E-state index is 0.171. The second-order valence-corrected chi connectivity index (χ2v) is 14.3. The second kappa shape index (κ2) is 24.5. The third-order valence-corrected chi connectivity index (χ3v) is 9.56. The highest BCUT2D eigenvalue weighted by Crippen LogP contribution is 2.27. The highest BCUT2D eigenvalue weighted by Gasteiger charge is 2.16. The number of fused-ring (bicyclic) bond motifs is 1. The van der Waals surface area contributed by atoms with E-state index in [2.05, 4.69) is 25.5 Å². The van der Waals surface area contributed by atoms with Gasteiger partial charge in [-0.3, -0.25) is 15.0 Å². The Labute approximate surface area is 352 Å². The SMILES string of the molecule is CCC(=O)OCCCCCCOc1ccc(C(=O)Oc2ccc(OC(=O)c3ccc(OCCCCCCOC(=O)CC)cc3)c(/C=N/Nc3nc4nccnc4s3)c2)cc1. The van der Waals surface area contributed by atoms with Gasteiger partial charge in [-0.05, 0) is 118 Å². The fourth-order valence-corrected chi connectivity index (χ4v) is 6.15. The summed E-state index contributed by atoms with van der Waals surface area (Å²) in [5.41, 5.74) is 4.28. The summed E-state index contributed by atoms with van der Waals surface area (Å²) in [7, 11) is 0. The van der Waals surface area contributed by atoms with Gasteiger partial charge in [0.1, 0.15) is 23.0 Å². The van der Waals surface area contributed by atoms with E-state index in [-0.39, 0.29) is 23.4 Å². The van der Waals surface area contributed by atoms with Crippen LogP contribution in [0.15, 0.2) is 84.2 Å². The predicted octanol–water partition coefficient (Wildman–Crippen LogP) is 8.76. The molecule has 5 aromatic rings. The molecule has 0 spiro atoms. The number of unbranched alkanes of at least 4 members (excludes halogenated alkanes) is 6. The van der Waals surface area contributed by atoms with Gasteiger partial charge in [-0.2, -0.15) is 10.1 Å². The number of carbonyl (C=O) groups excluding carboxylic acids is 4. The average Bonchev–Trinajstić information content (AvgIpc) is 3.69. The van der Waals surface area contributed by atoms with Crippen molar-refractivity contribution in [3.63, 3.8) is 0 Å². The van der Waals surface area contributed by atoms with Crippen molar-refractivity contribution in [2.45, 2.75) is 78.1 Å². The predicted molar refractivity (Wildman–Crippen MR) is 226 cm³/mol. The molecule has 3 aromatic carbocycles. The largest absolute Gasteiger partial charge is 0.494 e. The van der Waals surface area contributed by atoms with Crippen molar-refractivity contribution in [3.8, 4) is 23.0 Å². The molecule has 0 unspecified atom stereocenters. The van der Waals surface area contributed by atoms with E-state index in [1.807, 2.05) is 0 Å². The molecule has 0 saturated carbocycles. The molecule has 0 saturated heterocycles. The molecule has 2 aromatic heterocycles. The number of hydrogen-bond donors (Lipinski definition) is 1. The summed E-state index contributed by atoms with van der Waals surface area (Å²) < 4.78 is 33.3. The topological polar surface area (TPSA) is 187 Å². The molecule has 1 N–H and O–H groups in total. The van der Waals surface area contributed by atoms with Crippen molar-refractivity contribution in [2.75, 3.05) is 31.9 Å². The van der Waals surface area contributed by atoms with Gasteiger partial charge in [0.2, 0.25) is 5.13 Å². The van der Waals surface area contributed by atoms with Gasteiger partial charge in [0, 0.05) is 30.8 Å². The molecule has 5 rings (SSSR count). The maximum absolute atomic E-state index is 13.3. The van der Waals surface area contributed by atoms with Crippen LogP contribution in [0, 0.1) is 0 Å². The summed E-state index contributed by atoms with van der Waals surface area (Å²) in [5.74, 6) is 0.0341. The number of benzene rings is 3. The third-order valence-electron chi connectivity index (χ3n) is 8.70. The summed E-state index contributed by atoms with van der Waals surface area (Å²) in [4.78, 5) is 62.3. The van der Waals surface area contributed by atoms with Crippen molar-refractivity contribution in [1.29, 1.82) is 0 Å². The fraction of sp³-hybridized carbons (Fsp3) is 0.364. The summed E-state index contributed by atoms with van der Waals surface area (Å²) in [6.45, 7) is 5.45. The minimum Gasteiger partial charge on any atom is -0.494 e. The number of ether oxygens (including phenoxy) is 6. The van der Waals surface area contributed by atoms with E-state index in [0.29, 0.717) is 83.1 Å². The summed E-state index contributed by atoms with van der Waals surface area (Å²) >= 11 is 1.27. The highest BCUT2D eigenvalue weighted by molar-refractivity contribution is 7.21. The normalized spacial score (nSPS) is 11.0. The Balaban J connectivity index is 1.15. The first-order chi connectivity index (χ1) is 29.3. The van der Waals surface area contributed by atoms with Crippen molar-refractivity contribution < 1.29 is 47.6 Å². The van der Waals surface area contributed by atoms with E-state index in [9.17, 15) is 19.2 Å². The first kappa shape index (κ1) is 44.7. The van der Waals surface area contributed by atoms with E-state index >= 15 is 0 Å². The zero-order valence-corrected chi connectivity index (χ0v) is 34.6. The monoisotopic (exact) mass is 839 g/mol. The number of rotatable bonds is 25. The average molecular weight is 840 g/mol. The molecule has 0 amide bonds. The Bertz CT molecular complexity index is 2140. The van der Waals surface area contributed by atoms with Gasteiger partial charge >= 0.3 is 23.9 Å². The lowest BCUT2D eigenvalue weighted by Crippen LogP contribution is -2.11. The number of carbonyl (C=O) groups is 4. The van der Waals surface area contributed by atoms with Crippen LogP contribution in [0.3, 0.4) is 0 Å². The van der Waals surface area contributed by atoms with E-state index < -0.39 is 11.9 Å². The molecule has 15 nitrogen and oxygen atoms in total. The molecule has 0 fully saturated rings. The molecule has 316 valence electrons. The maximum Gasteiger partial charge on any atom is 0.343 e. The lowest BCUT2D eigenvalue weighted by molar-refractivity contribution is -0.144. The lowest BCUT2D eigenvalue weighted by Gasteiger charge is -2.11. The number of nitrogens with zero attached hydrogens (tertiary/aromatic N) is 4. The molecular weight excluding hydrogens is 791 g/mol. The van der Waals surface area contributed by atoms with Crippen LogP contribution in [0.2, 0.25) is 0 Å². The van der Waals surface area contributed by atoms with Gasteiger partial charge in [-0.1, -0.05) is 25.2 Å². The third kappa shape index (κ3) is 15.1. The fourth-order valence-electron chi connectivity index (χ4n) is 5.44. The minimum atomic E-state index is -0.613. The molecule has 2 heterocycles. The maximum atomic E-state index is 13.3. The van der Waals surface area contributed by atoms with Crippen molar-refractivity contribution in [2.24, 2.45) is 5.10 Å². The van der Waals surface area contributed by atoms with E-state index in [1.54, 1.807) is 74.8 Å². The standard InChI is InChI=1S/C44H49N5O10S/c1-3-38(50)56-27-11-7-5-9-25-54-34-17-13-31(14-18-34)42(52)58-36-21-22-37(33(29-36)30-47-49-44-48-40-41(60-44)46-24-23-45-40)59-43(53)32-15-19-35(20-16-32)55-26-10-6-8-12-28-57-39(51)4-2/h13-24,29-30H,3-12,25-28H2,1-2H3,(H,45,48,49)/b47-30+. The summed E-state index contributed by atoms with van der Waals surface area (Å²) in [6, 6.07) is 17.9. The number of hydrazone groups is 1. The van der Waals surface area contributed by atoms with Crippen LogP contribution in [-0.4, -0.2) is 71.5 Å². The van der Waals surface area contributed by atoms with Gasteiger partial charge in [-0.15, -0.1) is 0 Å². The summed E-state index contributed by atoms with van der Waals surface area (Å²) in [6.07, 6.45) is 12.4. The smallest absolute Gasteiger partial charge is 0.343 e. The highest BCUT2D eigenvalue weighted by atomic mass is 32.1. The molecule has 0 atom stereocenters. The Morgan fingerprint density at radius 1 is 0.633 bits per heavy atom. The number of aromatic nitrogens is 3. The molecule has 0 aliphatic carbocycles. The van der Waals surface area contributed by atoms with Crippen LogP contribution in [0.1, 0.15) is 104 Å². The second-order valence-electron chi connectivity index (χ2n) is 13.3. The molecule has 16 heteroatoms. The van der Waals surface area contributed by atoms with Crippen LogP contribution in [0.25, 0.3) is 10.5 Å². The van der Waals surface area contributed by atoms with Crippen LogP contribution in [0.4, 0.5) is 5.13 Å². The molecule has 0 aliphatic heterocycles. The van der Waals surface area contributed by atoms with Crippen LogP contribution >= 0.6 is 11.3 Å². The zero-order chi connectivity index (χ0) is 42.4. The molecular formula is C44H49N5O10S. The Morgan fingerprint density at radius 2 is 1.15 bits per heavy atom. The number of esters is 4. The van der Waals surface area contributed by atoms with Gasteiger partial charge in [0.25, 0.3) is 0 Å². The van der Waals surface area contributed by atoms with Crippen LogP contribution < -0.4 is 24.4 Å². The van der Waals surface area contributed by atoms with E-state index in [0.717, 1.165) is 51.4 Å².